The number of hydrogen-bond donors (Lipinski definition) is 0. The predicted molar refractivity (Wildman–Crippen MR) is 80.4 cm³/mol. The maximum Gasteiger partial charge on any atom is 0.337 e. The molecule has 104 valence electrons. The standard InChI is InChI=1S/C17H13NO3/c1-11-14-9-8-12(17(20)21-2)10-15(14)18(16(11)19)13-6-4-3-5-7-13/h3-10H,1H2,2H3. The lowest BCUT2D eigenvalue weighted by atomic mass is 10.1. The zero-order valence-corrected chi connectivity index (χ0v) is 11.5. The van der Waals surface area contributed by atoms with E-state index >= 15 is 0 Å². The summed E-state index contributed by atoms with van der Waals surface area (Å²) in [4.78, 5) is 25.7. The van der Waals surface area contributed by atoms with Crippen LogP contribution in [0.15, 0.2) is 55.1 Å². The van der Waals surface area contributed by atoms with Gasteiger partial charge in [0.15, 0.2) is 0 Å². The number of ether oxygens (including phenoxy) is 1. The number of carbonyl (C=O) groups is 2. The molecular formula is C17H13NO3. The van der Waals surface area contributed by atoms with Crippen LogP contribution in [0.2, 0.25) is 0 Å². The second-order valence-electron chi connectivity index (χ2n) is 4.68. The van der Waals surface area contributed by atoms with Crippen molar-refractivity contribution in [2.24, 2.45) is 0 Å². The van der Waals surface area contributed by atoms with Gasteiger partial charge < -0.3 is 4.74 Å². The summed E-state index contributed by atoms with van der Waals surface area (Å²) >= 11 is 0. The first-order valence-corrected chi connectivity index (χ1v) is 6.44. The van der Waals surface area contributed by atoms with E-state index in [0.717, 1.165) is 11.3 Å². The van der Waals surface area contributed by atoms with E-state index in [-0.39, 0.29) is 5.91 Å². The molecule has 4 nitrogen and oxygen atoms in total. The summed E-state index contributed by atoms with van der Waals surface area (Å²) in [5.74, 6) is -0.617. The van der Waals surface area contributed by atoms with Gasteiger partial charge in [0.1, 0.15) is 0 Å². The fourth-order valence-corrected chi connectivity index (χ4v) is 2.41. The van der Waals surface area contributed by atoms with Gasteiger partial charge in [-0.15, -0.1) is 0 Å². The highest BCUT2D eigenvalue weighted by atomic mass is 16.5. The molecule has 0 saturated heterocycles. The maximum absolute atomic E-state index is 12.4. The van der Waals surface area contributed by atoms with E-state index in [9.17, 15) is 9.59 Å². The highest BCUT2D eigenvalue weighted by molar-refractivity contribution is 6.34. The number of hydrogen-bond acceptors (Lipinski definition) is 3. The molecule has 0 bridgehead atoms. The van der Waals surface area contributed by atoms with Crippen LogP contribution in [-0.2, 0) is 9.53 Å². The van der Waals surface area contributed by atoms with Gasteiger partial charge >= 0.3 is 5.97 Å². The van der Waals surface area contributed by atoms with Crippen molar-refractivity contribution in [2.45, 2.75) is 0 Å². The van der Waals surface area contributed by atoms with Crippen molar-refractivity contribution in [3.05, 3.63) is 66.2 Å². The molecule has 2 aromatic carbocycles. The van der Waals surface area contributed by atoms with Gasteiger partial charge in [-0.2, -0.15) is 0 Å². The van der Waals surface area contributed by atoms with Crippen molar-refractivity contribution >= 4 is 28.8 Å². The fourth-order valence-electron chi connectivity index (χ4n) is 2.41. The molecule has 1 amide bonds. The quantitative estimate of drug-likeness (QED) is 0.626. The molecule has 0 aliphatic carbocycles. The number of amides is 1. The molecule has 0 fully saturated rings. The van der Waals surface area contributed by atoms with Crippen LogP contribution in [-0.4, -0.2) is 19.0 Å². The first kappa shape index (κ1) is 13.1. The molecule has 1 aliphatic rings. The second-order valence-corrected chi connectivity index (χ2v) is 4.68. The van der Waals surface area contributed by atoms with Crippen LogP contribution in [0, 0.1) is 0 Å². The van der Waals surface area contributed by atoms with E-state index in [1.807, 2.05) is 30.3 Å². The first-order valence-electron chi connectivity index (χ1n) is 6.44. The van der Waals surface area contributed by atoms with Crippen molar-refractivity contribution in [3.63, 3.8) is 0 Å². The normalized spacial score (nSPS) is 13.3. The minimum atomic E-state index is -0.434. The third kappa shape index (κ3) is 2.01. The summed E-state index contributed by atoms with van der Waals surface area (Å²) in [6.45, 7) is 3.84. The molecular weight excluding hydrogens is 266 g/mol. The number of carbonyl (C=O) groups excluding carboxylic acids is 2. The average molecular weight is 279 g/mol. The van der Waals surface area contributed by atoms with Crippen molar-refractivity contribution in [1.29, 1.82) is 0 Å². The van der Waals surface area contributed by atoms with Gasteiger partial charge in [-0.1, -0.05) is 30.8 Å². The minimum Gasteiger partial charge on any atom is -0.465 e. The zero-order chi connectivity index (χ0) is 15.0. The van der Waals surface area contributed by atoms with Crippen LogP contribution in [0.4, 0.5) is 11.4 Å². The van der Waals surface area contributed by atoms with Crippen molar-refractivity contribution < 1.29 is 14.3 Å². The van der Waals surface area contributed by atoms with E-state index in [1.165, 1.54) is 7.11 Å². The summed E-state index contributed by atoms with van der Waals surface area (Å²) in [5, 5.41) is 0. The van der Waals surface area contributed by atoms with E-state index in [1.54, 1.807) is 23.1 Å². The van der Waals surface area contributed by atoms with Gasteiger partial charge in [0.05, 0.1) is 18.4 Å². The Hall–Kier alpha value is -2.88. The molecule has 1 heterocycles. The summed E-state index contributed by atoms with van der Waals surface area (Å²) < 4.78 is 4.73. The molecule has 0 saturated carbocycles. The van der Waals surface area contributed by atoms with Gasteiger partial charge in [-0.05, 0) is 24.3 Å². The summed E-state index contributed by atoms with van der Waals surface area (Å²) in [6.07, 6.45) is 0. The lowest BCUT2D eigenvalue weighted by Gasteiger charge is -2.17. The number of esters is 1. The average Bonchev–Trinajstić information content (AvgIpc) is 2.78. The van der Waals surface area contributed by atoms with E-state index in [2.05, 4.69) is 6.58 Å². The fraction of sp³-hybridized carbons (Fsp3) is 0.0588. The third-order valence-electron chi connectivity index (χ3n) is 3.46. The van der Waals surface area contributed by atoms with Gasteiger partial charge in [0.2, 0.25) is 0 Å². The number of methoxy groups -OCH3 is 1. The third-order valence-corrected chi connectivity index (χ3v) is 3.46. The predicted octanol–water partition coefficient (Wildman–Crippen LogP) is 3.16. The Morgan fingerprint density at radius 2 is 1.86 bits per heavy atom. The molecule has 4 heteroatoms. The molecule has 0 N–H and O–H groups in total. The van der Waals surface area contributed by atoms with E-state index < -0.39 is 5.97 Å². The van der Waals surface area contributed by atoms with Crippen LogP contribution in [0.1, 0.15) is 15.9 Å². The van der Waals surface area contributed by atoms with Crippen LogP contribution in [0.5, 0.6) is 0 Å². The number of benzene rings is 2. The molecule has 0 aromatic heterocycles. The molecule has 0 spiro atoms. The highest BCUT2D eigenvalue weighted by Gasteiger charge is 2.32. The molecule has 21 heavy (non-hydrogen) atoms. The molecule has 0 unspecified atom stereocenters. The molecule has 3 rings (SSSR count). The van der Waals surface area contributed by atoms with Crippen LogP contribution < -0.4 is 4.90 Å². The largest absolute Gasteiger partial charge is 0.465 e. The Bertz CT molecular complexity index is 750. The van der Waals surface area contributed by atoms with Gasteiger partial charge in [-0.25, -0.2) is 4.79 Å². The van der Waals surface area contributed by atoms with Gasteiger partial charge in [0.25, 0.3) is 5.91 Å². The second kappa shape index (κ2) is 4.90. The Morgan fingerprint density at radius 1 is 1.14 bits per heavy atom. The van der Waals surface area contributed by atoms with Gasteiger partial charge in [-0.3, -0.25) is 9.69 Å². The van der Waals surface area contributed by atoms with Crippen molar-refractivity contribution in [3.8, 4) is 0 Å². The molecule has 1 aliphatic heterocycles. The molecule has 0 atom stereocenters. The summed E-state index contributed by atoms with van der Waals surface area (Å²) in [7, 11) is 1.33. The summed E-state index contributed by atoms with van der Waals surface area (Å²) in [6, 6.07) is 14.3. The number of anilines is 2. The topological polar surface area (TPSA) is 46.6 Å². The van der Waals surface area contributed by atoms with E-state index in [0.29, 0.717) is 16.8 Å². The Morgan fingerprint density at radius 3 is 2.52 bits per heavy atom. The number of fused-ring (bicyclic) bond motifs is 1. The van der Waals surface area contributed by atoms with Crippen LogP contribution >= 0.6 is 0 Å². The lowest BCUT2D eigenvalue weighted by Crippen LogP contribution is -2.20. The molecule has 0 radical (unpaired) electrons. The van der Waals surface area contributed by atoms with Crippen molar-refractivity contribution in [2.75, 3.05) is 12.0 Å². The zero-order valence-electron chi connectivity index (χ0n) is 11.5. The summed E-state index contributed by atoms with van der Waals surface area (Å²) in [5.41, 5.74) is 2.95. The first-order chi connectivity index (χ1) is 10.1. The van der Waals surface area contributed by atoms with Crippen LogP contribution in [0.25, 0.3) is 5.57 Å². The minimum absolute atomic E-state index is 0.182. The van der Waals surface area contributed by atoms with Crippen LogP contribution in [0.3, 0.4) is 0 Å². The SMILES string of the molecule is C=C1C(=O)N(c2ccccc2)c2cc(C(=O)OC)ccc21. The van der Waals surface area contributed by atoms with Gasteiger partial charge in [0, 0.05) is 16.8 Å². The number of para-hydroxylation sites is 1. The molecule has 2 aromatic rings. The smallest absolute Gasteiger partial charge is 0.337 e. The number of rotatable bonds is 2. The maximum atomic E-state index is 12.4. The van der Waals surface area contributed by atoms with E-state index in [4.69, 9.17) is 4.74 Å². The monoisotopic (exact) mass is 279 g/mol. The van der Waals surface area contributed by atoms with Crippen molar-refractivity contribution in [1.82, 2.24) is 0 Å². The Labute approximate surface area is 122 Å². The lowest BCUT2D eigenvalue weighted by molar-refractivity contribution is -0.112. The Balaban J connectivity index is 2.16. The Kier molecular flexibility index (Phi) is 3.06. The number of nitrogens with zero attached hydrogens (tertiary/aromatic N) is 1. The highest BCUT2D eigenvalue weighted by Crippen LogP contribution is 2.41.